The third-order valence-corrected chi connectivity index (χ3v) is 6.09. The molecule has 0 aliphatic carbocycles. The third-order valence-electron chi connectivity index (χ3n) is 3.90. The maximum absolute atomic E-state index is 13.8. The number of carboxylic acids is 1. The summed E-state index contributed by atoms with van der Waals surface area (Å²) < 4.78 is 40.3. The van der Waals surface area contributed by atoms with Gasteiger partial charge in [0.05, 0.1) is 10.5 Å². The molecule has 0 bridgehead atoms. The van der Waals surface area contributed by atoms with Crippen LogP contribution in [0.5, 0.6) is 0 Å². The van der Waals surface area contributed by atoms with Crippen molar-refractivity contribution in [2.24, 2.45) is 0 Å². The van der Waals surface area contributed by atoms with Crippen LogP contribution < -0.4 is 0 Å². The first-order valence-corrected chi connectivity index (χ1v) is 7.91. The van der Waals surface area contributed by atoms with E-state index in [9.17, 15) is 17.6 Å². The summed E-state index contributed by atoms with van der Waals surface area (Å²) >= 11 is 0. The van der Waals surface area contributed by atoms with Crippen LogP contribution in [-0.2, 0) is 10.0 Å². The van der Waals surface area contributed by atoms with Crippen LogP contribution in [0.25, 0.3) is 0 Å². The van der Waals surface area contributed by atoms with Crippen LogP contribution in [0.1, 0.15) is 43.1 Å². The highest BCUT2D eigenvalue weighted by atomic mass is 32.2. The highest BCUT2D eigenvalue weighted by Gasteiger charge is 2.34. The second-order valence-electron chi connectivity index (χ2n) is 5.52. The van der Waals surface area contributed by atoms with Gasteiger partial charge in [0.15, 0.2) is 0 Å². The quantitative estimate of drug-likeness (QED) is 0.906. The maximum Gasteiger partial charge on any atom is 0.335 e. The molecule has 0 saturated carbocycles. The van der Waals surface area contributed by atoms with E-state index in [0.717, 1.165) is 16.4 Å². The van der Waals surface area contributed by atoms with Crippen molar-refractivity contribution in [3.05, 3.63) is 29.1 Å². The molecule has 0 fully saturated rings. The monoisotopic (exact) mass is 317 g/mol. The molecule has 5 nitrogen and oxygen atoms in total. The molecule has 0 saturated heterocycles. The fourth-order valence-electron chi connectivity index (χ4n) is 1.74. The molecule has 0 aromatic heterocycles. The molecule has 1 aromatic rings. The van der Waals surface area contributed by atoms with E-state index in [1.807, 2.05) is 6.92 Å². The number of hydrogen-bond acceptors (Lipinski definition) is 3. The molecule has 21 heavy (non-hydrogen) atoms. The Bertz CT molecular complexity index is 668. The first kappa shape index (κ1) is 17.6. The van der Waals surface area contributed by atoms with Crippen molar-refractivity contribution in [2.45, 2.75) is 44.6 Å². The van der Waals surface area contributed by atoms with Gasteiger partial charge in [0, 0.05) is 18.2 Å². The summed E-state index contributed by atoms with van der Waals surface area (Å²) in [5, 5.41) is 8.96. The lowest BCUT2D eigenvalue weighted by Gasteiger charge is -2.34. The van der Waals surface area contributed by atoms with Crippen LogP contribution in [0.15, 0.2) is 17.0 Å². The topological polar surface area (TPSA) is 74.7 Å². The summed E-state index contributed by atoms with van der Waals surface area (Å²) in [6.45, 7) is 6.66. The number of rotatable bonds is 5. The minimum atomic E-state index is -3.99. The van der Waals surface area contributed by atoms with E-state index in [1.54, 1.807) is 13.8 Å². The molecule has 0 aliphatic rings. The van der Waals surface area contributed by atoms with Crippen LogP contribution in [0, 0.1) is 12.7 Å². The number of sulfonamides is 1. The Hall–Kier alpha value is -1.47. The number of carbonyl (C=O) groups is 1. The average Bonchev–Trinajstić information content (AvgIpc) is 2.40. The fraction of sp³-hybridized carbons (Fsp3) is 0.500. The zero-order valence-corrected chi connectivity index (χ0v) is 13.6. The smallest absolute Gasteiger partial charge is 0.335 e. The Kier molecular flexibility index (Phi) is 4.80. The first-order valence-electron chi connectivity index (χ1n) is 6.47. The van der Waals surface area contributed by atoms with Gasteiger partial charge in [0.2, 0.25) is 10.0 Å². The normalized spacial score (nSPS) is 12.7. The molecular weight excluding hydrogens is 297 g/mol. The predicted octanol–water partition coefficient (Wildman–Crippen LogP) is 2.64. The fourth-order valence-corrected chi connectivity index (χ4v) is 3.58. The van der Waals surface area contributed by atoms with E-state index in [4.69, 9.17) is 5.11 Å². The van der Waals surface area contributed by atoms with Crippen LogP contribution >= 0.6 is 0 Å². The molecule has 118 valence electrons. The van der Waals surface area contributed by atoms with Gasteiger partial charge >= 0.3 is 5.97 Å². The number of benzene rings is 1. The molecule has 1 rings (SSSR count). The van der Waals surface area contributed by atoms with E-state index in [0.29, 0.717) is 6.42 Å². The molecule has 1 aromatic carbocycles. The number of aromatic carboxylic acids is 1. The van der Waals surface area contributed by atoms with E-state index >= 15 is 0 Å². The van der Waals surface area contributed by atoms with E-state index < -0.39 is 27.3 Å². The molecule has 0 amide bonds. The SMILES string of the molecule is CCC(C)(C)N(C)S(=O)(=O)c1cc(C(=O)O)cc(F)c1C. The van der Waals surface area contributed by atoms with Gasteiger partial charge < -0.3 is 5.11 Å². The summed E-state index contributed by atoms with van der Waals surface area (Å²) in [5.74, 6) is -2.22. The Morgan fingerprint density at radius 2 is 1.90 bits per heavy atom. The Morgan fingerprint density at radius 1 is 1.38 bits per heavy atom. The molecule has 0 atom stereocenters. The van der Waals surface area contributed by atoms with Crippen molar-refractivity contribution in [1.29, 1.82) is 0 Å². The minimum absolute atomic E-state index is 0.0845. The van der Waals surface area contributed by atoms with Crippen molar-refractivity contribution < 1.29 is 22.7 Å². The highest BCUT2D eigenvalue weighted by Crippen LogP contribution is 2.29. The minimum Gasteiger partial charge on any atom is -0.478 e. The van der Waals surface area contributed by atoms with Gasteiger partial charge in [-0.25, -0.2) is 17.6 Å². The zero-order valence-electron chi connectivity index (χ0n) is 12.8. The summed E-state index contributed by atoms with van der Waals surface area (Å²) in [6.07, 6.45) is 0.558. The molecular formula is C14H20FNO4S. The van der Waals surface area contributed by atoms with Gasteiger partial charge in [0.1, 0.15) is 5.82 Å². The predicted molar refractivity (Wildman–Crippen MR) is 77.4 cm³/mol. The summed E-state index contributed by atoms with van der Waals surface area (Å²) in [7, 11) is -2.58. The number of carboxylic acid groups (broad SMARTS) is 1. The maximum atomic E-state index is 13.8. The molecule has 0 spiro atoms. The number of halogens is 1. The molecule has 0 heterocycles. The van der Waals surface area contributed by atoms with Gasteiger partial charge in [-0.05, 0) is 39.3 Å². The van der Waals surface area contributed by atoms with Crippen molar-refractivity contribution in [3.8, 4) is 0 Å². The molecule has 7 heteroatoms. The van der Waals surface area contributed by atoms with Crippen LogP contribution in [0.3, 0.4) is 0 Å². The van der Waals surface area contributed by atoms with Crippen LogP contribution in [-0.4, -0.2) is 36.4 Å². The lowest BCUT2D eigenvalue weighted by atomic mass is 10.0. The van der Waals surface area contributed by atoms with E-state index in [1.165, 1.54) is 14.0 Å². The van der Waals surface area contributed by atoms with Gasteiger partial charge in [-0.15, -0.1) is 0 Å². The van der Waals surface area contributed by atoms with Crippen molar-refractivity contribution in [3.63, 3.8) is 0 Å². The summed E-state index contributed by atoms with van der Waals surface area (Å²) in [4.78, 5) is 10.7. The largest absolute Gasteiger partial charge is 0.478 e. The van der Waals surface area contributed by atoms with Gasteiger partial charge in [0.25, 0.3) is 0 Å². The number of nitrogens with zero attached hydrogens (tertiary/aromatic N) is 1. The molecule has 1 N–H and O–H groups in total. The highest BCUT2D eigenvalue weighted by molar-refractivity contribution is 7.89. The van der Waals surface area contributed by atoms with Crippen LogP contribution in [0.4, 0.5) is 4.39 Å². The van der Waals surface area contributed by atoms with Crippen molar-refractivity contribution >= 4 is 16.0 Å². The Morgan fingerprint density at radius 3 is 2.33 bits per heavy atom. The van der Waals surface area contributed by atoms with Crippen molar-refractivity contribution in [2.75, 3.05) is 7.05 Å². The lowest BCUT2D eigenvalue weighted by Crippen LogP contribution is -2.44. The van der Waals surface area contributed by atoms with E-state index in [2.05, 4.69) is 0 Å². The molecule has 0 aliphatic heterocycles. The third kappa shape index (κ3) is 3.24. The number of hydrogen-bond donors (Lipinski definition) is 1. The van der Waals surface area contributed by atoms with Gasteiger partial charge in [-0.2, -0.15) is 4.31 Å². The summed E-state index contributed by atoms with van der Waals surface area (Å²) in [6, 6.07) is 1.82. The van der Waals surface area contributed by atoms with Gasteiger partial charge in [-0.1, -0.05) is 6.92 Å². The summed E-state index contributed by atoms with van der Waals surface area (Å²) in [5.41, 5.74) is -1.14. The van der Waals surface area contributed by atoms with Gasteiger partial charge in [-0.3, -0.25) is 0 Å². The first-order chi connectivity index (χ1) is 9.45. The van der Waals surface area contributed by atoms with Crippen molar-refractivity contribution in [1.82, 2.24) is 4.31 Å². The lowest BCUT2D eigenvalue weighted by molar-refractivity contribution is 0.0696. The molecule has 0 unspecified atom stereocenters. The molecule has 0 radical (unpaired) electrons. The second-order valence-corrected chi connectivity index (χ2v) is 7.46. The standard InChI is InChI=1S/C14H20FNO4S/c1-6-14(3,4)16(5)21(19,20)12-8-10(13(17)18)7-11(15)9(12)2/h7-8H,6H2,1-5H3,(H,17,18). The van der Waals surface area contributed by atoms with Crippen LogP contribution in [0.2, 0.25) is 0 Å². The Balaban J connectivity index is 3.55. The van der Waals surface area contributed by atoms with E-state index in [-0.39, 0.29) is 16.0 Å². The average molecular weight is 317 g/mol. The second kappa shape index (κ2) is 5.73. The zero-order chi connectivity index (χ0) is 16.6. The Labute approximate surface area is 124 Å².